The highest BCUT2D eigenvalue weighted by Crippen LogP contribution is 1.92. The zero-order valence-electron chi connectivity index (χ0n) is 8.74. The summed E-state index contributed by atoms with van der Waals surface area (Å²) >= 11 is 0. The summed E-state index contributed by atoms with van der Waals surface area (Å²) in [7, 11) is 0. The second-order valence-electron chi connectivity index (χ2n) is 3.01. The quantitative estimate of drug-likeness (QED) is 0.191. The van der Waals surface area contributed by atoms with E-state index in [0.717, 1.165) is 0 Å². The lowest BCUT2D eigenvalue weighted by atomic mass is 10.3. The molecule has 0 aliphatic heterocycles. The van der Waals surface area contributed by atoms with Crippen molar-refractivity contribution in [2.24, 2.45) is 0 Å². The molecule has 0 heterocycles. The maximum Gasteiger partial charge on any atom is 0.147 e. The molecule has 0 bridgehead atoms. The fourth-order valence-corrected chi connectivity index (χ4v) is 1.16. The van der Waals surface area contributed by atoms with Crippen molar-refractivity contribution in [3.8, 4) is 0 Å². The monoisotopic (exact) mass is 223 g/mol. The van der Waals surface area contributed by atoms with E-state index in [1.54, 1.807) is 0 Å². The van der Waals surface area contributed by atoms with Crippen LogP contribution in [0.4, 0.5) is 0 Å². The van der Waals surface area contributed by atoms with Crippen LogP contribution in [0.1, 0.15) is 0 Å². The van der Waals surface area contributed by atoms with Gasteiger partial charge < -0.3 is 20.4 Å². The van der Waals surface area contributed by atoms with E-state index in [4.69, 9.17) is 15.3 Å². The van der Waals surface area contributed by atoms with Gasteiger partial charge >= 0.3 is 0 Å². The van der Waals surface area contributed by atoms with Gasteiger partial charge in [-0.1, -0.05) is 0 Å². The Labute approximate surface area is 89.1 Å². The Morgan fingerprint density at radius 2 is 1.00 bits per heavy atom. The molecule has 15 heavy (non-hydrogen) atoms. The van der Waals surface area contributed by atoms with Gasteiger partial charge in [0.2, 0.25) is 0 Å². The van der Waals surface area contributed by atoms with Crippen LogP contribution in [0.3, 0.4) is 0 Å². The molecule has 0 fully saturated rings. The molecular weight excluding hydrogens is 202 g/mol. The summed E-state index contributed by atoms with van der Waals surface area (Å²) in [6, 6.07) is 0. The molecule has 0 atom stereocenters. The van der Waals surface area contributed by atoms with Gasteiger partial charge in [-0.2, -0.15) is 0 Å². The average molecular weight is 223 g/mol. The third kappa shape index (κ3) is 6.00. The second kappa shape index (κ2) is 8.98. The highest BCUT2D eigenvalue weighted by atomic mass is 16.3. The summed E-state index contributed by atoms with van der Waals surface area (Å²) in [6.45, 7) is 0.398. The van der Waals surface area contributed by atoms with Gasteiger partial charge in [0.1, 0.15) is 5.79 Å². The van der Waals surface area contributed by atoms with Crippen LogP contribution in [0.2, 0.25) is 0 Å². The molecule has 0 aliphatic carbocycles. The molecule has 0 saturated carbocycles. The van der Waals surface area contributed by atoms with E-state index in [9.17, 15) is 5.11 Å². The van der Waals surface area contributed by atoms with Crippen molar-refractivity contribution in [3.63, 3.8) is 0 Å². The predicted molar refractivity (Wildman–Crippen MR) is 55.1 cm³/mol. The number of nitrogens with one attached hydrogen (secondary N) is 3. The van der Waals surface area contributed by atoms with Crippen LogP contribution in [-0.2, 0) is 0 Å². The van der Waals surface area contributed by atoms with Crippen molar-refractivity contribution >= 4 is 0 Å². The van der Waals surface area contributed by atoms with Crippen LogP contribution in [0.15, 0.2) is 0 Å². The van der Waals surface area contributed by atoms with E-state index in [0.29, 0.717) is 0 Å². The maximum absolute atomic E-state index is 9.22. The number of hydrogen-bond acceptors (Lipinski definition) is 7. The highest BCUT2D eigenvalue weighted by Gasteiger charge is 2.26. The summed E-state index contributed by atoms with van der Waals surface area (Å²) in [5.74, 6) is -0.978. The molecule has 0 aromatic heterocycles. The van der Waals surface area contributed by atoms with Crippen LogP contribution in [-0.4, -0.2) is 72.3 Å². The molecule has 0 saturated heterocycles. The van der Waals surface area contributed by atoms with Crippen LogP contribution in [0.25, 0.3) is 0 Å². The lowest BCUT2D eigenvalue weighted by Crippen LogP contribution is -2.70. The summed E-state index contributed by atoms with van der Waals surface area (Å²) in [5, 5.41) is 43.8. The van der Waals surface area contributed by atoms with Crippen LogP contribution in [0.5, 0.6) is 0 Å². The topological polar surface area (TPSA) is 117 Å². The minimum atomic E-state index is -0.978. The SMILES string of the molecule is OCCNC(CO)(NCCO)NCCO. The van der Waals surface area contributed by atoms with Gasteiger partial charge in [-0.15, -0.1) is 0 Å². The number of rotatable bonds is 10. The van der Waals surface area contributed by atoms with Crippen LogP contribution in [0, 0.1) is 0 Å². The molecular formula is C8H21N3O4. The lowest BCUT2D eigenvalue weighted by molar-refractivity contribution is 0.0789. The van der Waals surface area contributed by atoms with Crippen molar-refractivity contribution in [2.75, 3.05) is 46.1 Å². The second-order valence-corrected chi connectivity index (χ2v) is 3.01. The molecule has 0 radical (unpaired) electrons. The normalized spacial score (nSPS) is 12.0. The van der Waals surface area contributed by atoms with E-state index in [-0.39, 0.29) is 46.1 Å². The summed E-state index contributed by atoms with van der Waals surface area (Å²) in [6.07, 6.45) is 0. The predicted octanol–water partition coefficient (Wildman–Crippen LogP) is -3.62. The zero-order chi connectivity index (χ0) is 11.6. The smallest absolute Gasteiger partial charge is 0.147 e. The van der Waals surface area contributed by atoms with E-state index < -0.39 is 5.79 Å². The van der Waals surface area contributed by atoms with Crippen molar-refractivity contribution in [3.05, 3.63) is 0 Å². The fraction of sp³-hybridized carbons (Fsp3) is 1.00. The molecule has 7 nitrogen and oxygen atoms in total. The lowest BCUT2D eigenvalue weighted by Gasteiger charge is -2.35. The average Bonchev–Trinajstić information content (AvgIpc) is 2.29. The molecule has 7 N–H and O–H groups in total. The number of aliphatic hydroxyl groups excluding tert-OH is 4. The summed E-state index contributed by atoms with van der Waals surface area (Å²) in [5.41, 5.74) is 0. The van der Waals surface area contributed by atoms with Gasteiger partial charge in [0.15, 0.2) is 0 Å². The van der Waals surface area contributed by atoms with Crippen LogP contribution < -0.4 is 16.0 Å². The van der Waals surface area contributed by atoms with Gasteiger partial charge in [-0.05, 0) is 0 Å². The Balaban J connectivity index is 4.16. The first-order valence-electron chi connectivity index (χ1n) is 4.93. The molecule has 0 amide bonds. The standard InChI is InChI=1S/C8H21N3O4/c12-4-1-9-8(7-15,10-2-5-13)11-3-6-14/h9-15H,1-7H2. The third-order valence-corrected chi connectivity index (χ3v) is 1.85. The van der Waals surface area contributed by atoms with Crippen molar-refractivity contribution in [1.82, 2.24) is 16.0 Å². The van der Waals surface area contributed by atoms with Gasteiger partial charge in [-0.25, -0.2) is 0 Å². The van der Waals surface area contributed by atoms with Crippen molar-refractivity contribution < 1.29 is 20.4 Å². The minimum Gasteiger partial charge on any atom is -0.395 e. The number of hydrogen-bond donors (Lipinski definition) is 7. The first-order chi connectivity index (χ1) is 7.24. The maximum atomic E-state index is 9.22. The first kappa shape index (κ1) is 14.7. The Hall–Kier alpha value is -0.280. The summed E-state index contributed by atoms with van der Waals surface area (Å²) < 4.78 is 0. The molecule has 92 valence electrons. The van der Waals surface area contributed by atoms with Crippen LogP contribution >= 0.6 is 0 Å². The molecule has 0 unspecified atom stereocenters. The molecule has 0 spiro atoms. The largest absolute Gasteiger partial charge is 0.395 e. The summed E-state index contributed by atoms with van der Waals surface area (Å²) in [4.78, 5) is 0. The molecule has 0 aliphatic rings. The Kier molecular flexibility index (Phi) is 8.82. The number of aliphatic hydroxyl groups is 4. The van der Waals surface area contributed by atoms with E-state index in [2.05, 4.69) is 16.0 Å². The van der Waals surface area contributed by atoms with E-state index in [1.807, 2.05) is 0 Å². The Morgan fingerprint density at radius 3 is 1.20 bits per heavy atom. The Bertz CT molecular complexity index is 126. The molecule has 0 aromatic rings. The van der Waals surface area contributed by atoms with Gasteiger partial charge in [0, 0.05) is 19.6 Å². The first-order valence-corrected chi connectivity index (χ1v) is 4.93. The van der Waals surface area contributed by atoms with Gasteiger partial charge in [0.25, 0.3) is 0 Å². The van der Waals surface area contributed by atoms with Crippen molar-refractivity contribution in [2.45, 2.75) is 5.79 Å². The third-order valence-electron chi connectivity index (χ3n) is 1.85. The van der Waals surface area contributed by atoms with E-state index in [1.165, 1.54) is 0 Å². The van der Waals surface area contributed by atoms with Gasteiger partial charge in [0.05, 0.1) is 26.4 Å². The molecule has 0 aromatic carbocycles. The fourth-order valence-electron chi connectivity index (χ4n) is 1.16. The van der Waals surface area contributed by atoms with E-state index >= 15 is 0 Å². The van der Waals surface area contributed by atoms with Gasteiger partial charge in [-0.3, -0.25) is 16.0 Å². The van der Waals surface area contributed by atoms with Crippen molar-refractivity contribution in [1.29, 1.82) is 0 Å². The Morgan fingerprint density at radius 1 is 0.667 bits per heavy atom. The highest BCUT2D eigenvalue weighted by molar-refractivity contribution is 4.81. The molecule has 0 rings (SSSR count). The molecule has 7 heteroatoms. The zero-order valence-corrected chi connectivity index (χ0v) is 8.74. The minimum absolute atomic E-state index is 0.0661.